The summed E-state index contributed by atoms with van der Waals surface area (Å²) in [4.78, 5) is 7.63. The van der Waals surface area contributed by atoms with Crippen LogP contribution in [0.5, 0.6) is 0 Å². The van der Waals surface area contributed by atoms with E-state index in [1.807, 2.05) is 0 Å². The van der Waals surface area contributed by atoms with Gasteiger partial charge in [-0.15, -0.1) is 0 Å². The van der Waals surface area contributed by atoms with Crippen LogP contribution in [-0.4, -0.2) is 9.55 Å². The molecule has 0 spiro atoms. The predicted octanol–water partition coefficient (Wildman–Crippen LogP) is 12.1. The van der Waals surface area contributed by atoms with Crippen molar-refractivity contribution in [1.82, 2.24) is 9.55 Å². The van der Waals surface area contributed by atoms with Crippen molar-refractivity contribution in [3.8, 4) is 16.9 Å². The van der Waals surface area contributed by atoms with E-state index in [0.29, 0.717) is 11.8 Å². The molecule has 0 saturated heterocycles. The molecule has 0 N–H and O–H groups in total. The van der Waals surface area contributed by atoms with Crippen molar-refractivity contribution in [2.75, 3.05) is 4.90 Å². The number of nitrogens with zero attached hydrogens (tertiary/aromatic N) is 3. The maximum absolute atomic E-state index is 5.06. The number of pyridine rings is 1. The lowest BCUT2D eigenvalue weighted by molar-refractivity contribution is 0.560. The van der Waals surface area contributed by atoms with Crippen LogP contribution in [0.2, 0.25) is 0 Å². The van der Waals surface area contributed by atoms with Gasteiger partial charge in [0, 0.05) is 56.5 Å². The summed E-state index contributed by atoms with van der Waals surface area (Å²) in [5, 5.41) is 1.20. The van der Waals surface area contributed by atoms with Gasteiger partial charge in [0.2, 0.25) is 0 Å². The van der Waals surface area contributed by atoms with Crippen LogP contribution in [0.25, 0.3) is 39.5 Å². The van der Waals surface area contributed by atoms with Gasteiger partial charge in [0.05, 0.1) is 16.9 Å². The average Bonchev–Trinajstić information content (AvgIpc) is 3.47. The molecule has 0 bridgehead atoms. The highest BCUT2D eigenvalue weighted by atomic mass is 15.2. The number of hydrogen-bond donors (Lipinski definition) is 0. The summed E-state index contributed by atoms with van der Waals surface area (Å²) in [7, 11) is 0. The van der Waals surface area contributed by atoms with E-state index in [9.17, 15) is 0 Å². The first-order chi connectivity index (χ1) is 24.8. The van der Waals surface area contributed by atoms with E-state index < -0.39 is 0 Å². The molecule has 3 heterocycles. The van der Waals surface area contributed by atoms with Crippen molar-refractivity contribution >= 4 is 33.9 Å². The minimum atomic E-state index is 0.326. The van der Waals surface area contributed by atoms with Gasteiger partial charge in [-0.3, -0.25) is 4.98 Å². The number of rotatable bonds is 4. The predicted molar refractivity (Wildman–Crippen MR) is 208 cm³/mol. The SMILES string of the molecule is C1=CC2=C(CC1)N(c1ccc(C3CC=CC(c4ccc5ccccc5n4)C3)cc1)c1ccccc1-c1c2c2c(n1-c1ccccc1)C=CCC2. The van der Waals surface area contributed by atoms with Crippen molar-refractivity contribution in [2.45, 2.75) is 50.4 Å². The summed E-state index contributed by atoms with van der Waals surface area (Å²) < 4.78 is 2.52. The van der Waals surface area contributed by atoms with E-state index >= 15 is 0 Å². The van der Waals surface area contributed by atoms with Crippen molar-refractivity contribution in [3.05, 3.63) is 179 Å². The van der Waals surface area contributed by atoms with Crippen LogP contribution in [0.1, 0.15) is 72.0 Å². The molecule has 2 aromatic heterocycles. The molecule has 6 aromatic rings. The summed E-state index contributed by atoms with van der Waals surface area (Å²) in [5.74, 6) is 0.790. The number of para-hydroxylation sites is 3. The molecule has 0 amide bonds. The van der Waals surface area contributed by atoms with Crippen LogP contribution < -0.4 is 4.90 Å². The van der Waals surface area contributed by atoms with Crippen LogP contribution in [0.15, 0.2) is 151 Å². The third-order valence-electron chi connectivity index (χ3n) is 11.2. The number of hydrogen-bond acceptors (Lipinski definition) is 2. The molecule has 0 saturated carbocycles. The molecular weight excluding hydrogens is 607 g/mol. The number of aromatic nitrogens is 2. The van der Waals surface area contributed by atoms with Gasteiger partial charge in [0.15, 0.2) is 0 Å². The van der Waals surface area contributed by atoms with E-state index in [-0.39, 0.29) is 0 Å². The van der Waals surface area contributed by atoms with Crippen molar-refractivity contribution in [1.29, 1.82) is 0 Å². The molecule has 10 rings (SSSR count). The molecule has 2 atom stereocenters. The lowest BCUT2D eigenvalue weighted by atomic mass is 9.80. The summed E-state index contributed by atoms with van der Waals surface area (Å²) in [6, 6.07) is 42.4. The van der Waals surface area contributed by atoms with Gasteiger partial charge in [-0.25, -0.2) is 0 Å². The highest BCUT2D eigenvalue weighted by Crippen LogP contribution is 2.52. The number of allylic oxidation sites excluding steroid dienone is 7. The van der Waals surface area contributed by atoms with Gasteiger partial charge < -0.3 is 9.47 Å². The summed E-state index contributed by atoms with van der Waals surface area (Å²) in [5.41, 5.74) is 16.9. The van der Waals surface area contributed by atoms with Crippen molar-refractivity contribution < 1.29 is 0 Å². The lowest BCUT2D eigenvalue weighted by Gasteiger charge is -2.31. The fraction of sp³-hybridized carbons (Fsp3) is 0.170. The fourth-order valence-corrected chi connectivity index (χ4v) is 8.86. The van der Waals surface area contributed by atoms with Gasteiger partial charge >= 0.3 is 0 Å². The van der Waals surface area contributed by atoms with Gasteiger partial charge in [-0.05, 0) is 104 Å². The maximum Gasteiger partial charge on any atom is 0.0705 e. The molecule has 0 radical (unpaired) electrons. The Bertz CT molecular complexity index is 2390. The summed E-state index contributed by atoms with van der Waals surface area (Å²) >= 11 is 0. The van der Waals surface area contributed by atoms with E-state index in [1.165, 1.54) is 73.1 Å². The minimum Gasteiger partial charge on any atom is -0.313 e. The second-order valence-corrected chi connectivity index (χ2v) is 14.1. The number of anilines is 2. The first kappa shape index (κ1) is 29.3. The van der Waals surface area contributed by atoms with Crippen LogP contribution in [0, 0.1) is 0 Å². The van der Waals surface area contributed by atoms with E-state index in [1.54, 1.807) is 0 Å². The fourth-order valence-electron chi connectivity index (χ4n) is 8.86. The molecule has 2 unspecified atom stereocenters. The Labute approximate surface area is 294 Å². The van der Waals surface area contributed by atoms with Crippen LogP contribution in [0.4, 0.5) is 11.4 Å². The molecule has 242 valence electrons. The Kier molecular flexibility index (Phi) is 7.04. The first-order valence-electron chi connectivity index (χ1n) is 18.2. The van der Waals surface area contributed by atoms with E-state index in [2.05, 4.69) is 161 Å². The molecule has 4 aromatic carbocycles. The maximum atomic E-state index is 5.06. The molecule has 4 aliphatic rings. The second-order valence-electron chi connectivity index (χ2n) is 14.1. The zero-order valence-electron chi connectivity index (χ0n) is 28.2. The first-order valence-corrected chi connectivity index (χ1v) is 18.2. The minimum absolute atomic E-state index is 0.326. The molecule has 50 heavy (non-hydrogen) atoms. The van der Waals surface area contributed by atoms with Gasteiger partial charge in [0.1, 0.15) is 0 Å². The highest BCUT2D eigenvalue weighted by molar-refractivity contribution is 6.00. The standard InChI is InChI=1S/C47H39N3/c1-2-16-36(17-3-1)50-44-23-10-6-19-39(44)46-38-18-5-9-22-43(38)49(45-24-11-7-20-40(45)47(46)50)37-28-25-32(26-29-37)34-14-12-15-35(31-34)42-30-27-33-13-4-8-21-41(33)48-42/h1-5,7-8,10-13,15-18,20-21,23-30,34-35H,6,9,14,19,22,31H2. The zero-order chi connectivity index (χ0) is 33.0. The highest BCUT2D eigenvalue weighted by Gasteiger charge is 2.35. The Hall–Kier alpha value is -5.67. The molecule has 3 heteroatoms. The molecule has 3 aliphatic carbocycles. The molecule has 1 aliphatic heterocycles. The third kappa shape index (κ3) is 4.75. The van der Waals surface area contributed by atoms with Gasteiger partial charge in [-0.2, -0.15) is 0 Å². The van der Waals surface area contributed by atoms with E-state index in [0.717, 1.165) is 44.0 Å². The monoisotopic (exact) mass is 645 g/mol. The van der Waals surface area contributed by atoms with Gasteiger partial charge in [0.25, 0.3) is 0 Å². The lowest BCUT2D eigenvalue weighted by Crippen LogP contribution is -2.19. The molecule has 3 nitrogen and oxygen atoms in total. The smallest absolute Gasteiger partial charge is 0.0705 e. The summed E-state index contributed by atoms with van der Waals surface area (Å²) in [6.45, 7) is 0. The van der Waals surface area contributed by atoms with Crippen molar-refractivity contribution in [3.63, 3.8) is 0 Å². The Morgan fingerprint density at radius 3 is 2.38 bits per heavy atom. The van der Waals surface area contributed by atoms with E-state index in [4.69, 9.17) is 4.98 Å². The zero-order valence-corrected chi connectivity index (χ0v) is 28.2. The Balaban J connectivity index is 1.06. The van der Waals surface area contributed by atoms with Crippen LogP contribution >= 0.6 is 0 Å². The topological polar surface area (TPSA) is 21.1 Å². The normalized spacial score (nSPS) is 19.2. The molecular formula is C47H39N3. The summed E-state index contributed by atoms with van der Waals surface area (Å²) in [6.07, 6.45) is 20.6. The van der Waals surface area contributed by atoms with Crippen LogP contribution in [0.3, 0.4) is 0 Å². The quantitative estimate of drug-likeness (QED) is 0.178. The van der Waals surface area contributed by atoms with Crippen LogP contribution in [-0.2, 0) is 6.42 Å². The third-order valence-corrected chi connectivity index (χ3v) is 11.2. The number of fused-ring (bicyclic) bond motifs is 7. The van der Waals surface area contributed by atoms with Gasteiger partial charge in [-0.1, -0.05) is 103 Å². The van der Waals surface area contributed by atoms with Crippen molar-refractivity contribution in [2.24, 2.45) is 0 Å². The Morgan fingerprint density at radius 1 is 0.660 bits per heavy atom. The largest absolute Gasteiger partial charge is 0.313 e. The average molecular weight is 646 g/mol. The second kappa shape index (κ2) is 12.0. The number of benzene rings is 4. The Morgan fingerprint density at radius 2 is 1.46 bits per heavy atom. The molecule has 0 fully saturated rings.